The molecule has 1 amide bonds. The first-order valence-corrected chi connectivity index (χ1v) is 12.4. The number of carbonyl (C=O) groups is 1. The number of likely N-dealkylation sites (tertiary alicyclic amines) is 1. The zero-order valence-electron chi connectivity index (χ0n) is 19.7. The molecule has 0 unspecified atom stereocenters. The number of nitrogens with zero attached hydrogens (tertiary/aromatic N) is 5. The Morgan fingerprint density at radius 3 is 2.82 bits per heavy atom. The van der Waals surface area contributed by atoms with E-state index < -0.39 is 0 Å². The van der Waals surface area contributed by atoms with E-state index in [1.54, 1.807) is 0 Å². The van der Waals surface area contributed by atoms with Crippen LogP contribution in [0, 0.1) is 12.8 Å². The van der Waals surface area contributed by atoms with Gasteiger partial charge in [0.15, 0.2) is 0 Å². The molecule has 3 aromatic heterocycles. The van der Waals surface area contributed by atoms with Crippen molar-refractivity contribution in [3.8, 4) is 0 Å². The number of aryl methyl sites for hydroxylation is 1. The summed E-state index contributed by atoms with van der Waals surface area (Å²) in [6, 6.07) is 7.83. The SMILES string of the molecule is CCOCCn1cc(C(=O)N2CCC(Cn3c(C)nc4cnccc43)CC2)c2c(Cl)cccc21. The Kier molecular flexibility index (Phi) is 6.57. The molecule has 0 bridgehead atoms. The molecule has 178 valence electrons. The number of carbonyl (C=O) groups excluding carboxylic acids is 1. The Morgan fingerprint density at radius 2 is 2.03 bits per heavy atom. The quantitative estimate of drug-likeness (QED) is 0.352. The molecule has 0 spiro atoms. The van der Waals surface area contributed by atoms with E-state index in [4.69, 9.17) is 16.3 Å². The zero-order valence-corrected chi connectivity index (χ0v) is 20.5. The van der Waals surface area contributed by atoms with Gasteiger partial charge in [-0.15, -0.1) is 0 Å². The van der Waals surface area contributed by atoms with Crippen LogP contribution < -0.4 is 0 Å². The standard InChI is InChI=1S/C26H30ClN5O2/c1-3-34-14-13-31-17-20(25-21(27)5-4-6-24(25)31)26(33)30-11-8-19(9-12-30)16-32-18(2)29-22-15-28-10-7-23(22)32/h4-7,10,15,17,19H,3,8-9,11-14,16H2,1-2H3. The molecule has 1 aromatic carbocycles. The van der Waals surface area contributed by atoms with Crippen LogP contribution in [0.3, 0.4) is 0 Å². The molecule has 1 aliphatic heterocycles. The minimum Gasteiger partial charge on any atom is -0.380 e. The lowest BCUT2D eigenvalue weighted by atomic mass is 9.96. The second-order valence-corrected chi connectivity index (χ2v) is 9.34. The van der Waals surface area contributed by atoms with Gasteiger partial charge in [0, 0.05) is 50.6 Å². The predicted molar refractivity (Wildman–Crippen MR) is 134 cm³/mol. The van der Waals surface area contributed by atoms with Crippen LogP contribution in [0.15, 0.2) is 42.9 Å². The Hall–Kier alpha value is -2.90. The lowest BCUT2D eigenvalue weighted by molar-refractivity contribution is 0.0684. The van der Waals surface area contributed by atoms with E-state index in [1.165, 1.54) is 0 Å². The highest BCUT2D eigenvalue weighted by Gasteiger charge is 2.27. The van der Waals surface area contributed by atoms with Crippen LogP contribution >= 0.6 is 11.6 Å². The van der Waals surface area contributed by atoms with Gasteiger partial charge in [-0.25, -0.2) is 4.98 Å². The van der Waals surface area contributed by atoms with Gasteiger partial charge in [-0.05, 0) is 50.8 Å². The van der Waals surface area contributed by atoms with E-state index in [1.807, 2.05) is 61.6 Å². The molecule has 34 heavy (non-hydrogen) atoms. The van der Waals surface area contributed by atoms with Crippen molar-refractivity contribution in [2.24, 2.45) is 5.92 Å². The number of amides is 1. The van der Waals surface area contributed by atoms with Gasteiger partial charge < -0.3 is 18.8 Å². The van der Waals surface area contributed by atoms with Crippen LogP contribution in [0.2, 0.25) is 5.02 Å². The largest absolute Gasteiger partial charge is 0.380 e. The summed E-state index contributed by atoms with van der Waals surface area (Å²) < 4.78 is 9.90. The predicted octanol–water partition coefficient (Wildman–Crippen LogP) is 4.94. The fraction of sp³-hybridized carbons (Fsp3) is 0.423. The van der Waals surface area contributed by atoms with Gasteiger partial charge in [0.25, 0.3) is 5.91 Å². The monoisotopic (exact) mass is 479 g/mol. The molecule has 0 N–H and O–H groups in total. The Labute approximate surface area is 204 Å². The summed E-state index contributed by atoms with van der Waals surface area (Å²) in [5.41, 5.74) is 3.72. The molecule has 1 fully saturated rings. The smallest absolute Gasteiger partial charge is 0.256 e. The van der Waals surface area contributed by atoms with Crippen molar-refractivity contribution in [2.45, 2.75) is 39.8 Å². The molecule has 1 aliphatic rings. The zero-order chi connectivity index (χ0) is 23.7. The molecule has 0 radical (unpaired) electrons. The Morgan fingerprint density at radius 1 is 1.21 bits per heavy atom. The lowest BCUT2D eigenvalue weighted by Gasteiger charge is -2.32. The topological polar surface area (TPSA) is 65.2 Å². The third-order valence-corrected chi connectivity index (χ3v) is 7.17. The third-order valence-electron chi connectivity index (χ3n) is 6.85. The van der Waals surface area contributed by atoms with E-state index in [-0.39, 0.29) is 5.91 Å². The Bertz CT molecular complexity index is 1320. The fourth-order valence-corrected chi connectivity index (χ4v) is 5.31. The number of benzene rings is 1. The number of rotatable bonds is 7. The number of ether oxygens (including phenoxy) is 1. The number of pyridine rings is 1. The highest BCUT2D eigenvalue weighted by molar-refractivity contribution is 6.36. The van der Waals surface area contributed by atoms with Crippen molar-refractivity contribution >= 4 is 39.4 Å². The molecule has 0 atom stereocenters. The first-order chi connectivity index (χ1) is 16.6. The fourth-order valence-electron chi connectivity index (χ4n) is 5.04. The van der Waals surface area contributed by atoms with Crippen LogP contribution in [0.1, 0.15) is 35.9 Å². The second kappa shape index (κ2) is 9.76. The molecule has 8 heteroatoms. The third kappa shape index (κ3) is 4.30. The van der Waals surface area contributed by atoms with Crippen molar-refractivity contribution in [1.29, 1.82) is 0 Å². The lowest BCUT2D eigenvalue weighted by Crippen LogP contribution is -2.39. The number of aromatic nitrogens is 4. The molecule has 0 saturated carbocycles. The van der Waals surface area contributed by atoms with Gasteiger partial charge in [0.05, 0.1) is 34.4 Å². The molecule has 0 aliphatic carbocycles. The number of hydrogen-bond donors (Lipinski definition) is 0. The van der Waals surface area contributed by atoms with Gasteiger partial charge in [0.1, 0.15) is 11.3 Å². The van der Waals surface area contributed by atoms with E-state index in [0.717, 1.165) is 60.2 Å². The van der Waals surface area contributed by atoms with Gasteiger partial charge >= 0.3 is 0 Å². The Balaban J connectivity index is 1.31. The molecule has 7 nitrogen and oxygen atoms in total. The summed E-state index contributed by atoms with van der Waals surface area (Å²) in [6.45, 7) is 8.39. The van der Waals surface area contributed by atoms with E-state index in [0.29, 0.717) is 36.3 Å². The minimum atomic E-state index is 0.0574. The van der Waals surface area contributed by atoms with Crippen LogP contribution in [-0.4, -0.2) is 56.2 Å². The summed E-state index contributed by atoms with van der Waals surface area (Å²) in [7, 11) is 0. The summed E-state index contributed by atoms with van der Waals surface area (Å²) >= 11 is 6.56. The van der Waals surface area contributed by atoms with Gasteiger partial charge in [0.2, 0.25) is 0 Å². The molecule has 4 heterocycles. The van der Waals surface area contributed by atoms with Crippen molar-refractivity contribution < 1.29 is 9.53 Å². The van der Waals surface area contributed by atoms with Crippen molar-refractivity contribution in [2.75, 3.05) is 26.3 Å². The first kappa shape index (κ1) is 22.9. The van der Waals surface area contributed by atoms with Crippen LogP contribution in [0.4, 0.5) is 0 Å². The van der Waals surface area contributed by atoms with Crippen LogP contribution in [-0.2, 0) is 17.8 Å². The molecular formula is C26H30ClN5O2. The van der Waals surface area contributed by atoms with Crippen LogP contribution in [0.25, 0.3) is 21.9 Å². The van der Waals surface area contributed by atoms with Gasteiger partial charge in [-0.3, -0.25) is 9.78 Å². The maximum absolute atomic E-state index is 13.6. The summed E-state index contributed by atoms with van der Waals surface area (Å²) in [6.07, 6.45) is 7.51. The number of hydrogen-bond acceptors (Lipinski definition) is 4. The maximum atomic E-state index is 13.6. The number of piperidine rings is 1. The average Bonchev–Trinajstić information content (AvgIpc) is 3.38. The molecule has 5 rings (SSSR count). The molecule has 4 aromatic rings. The average molecular weight is 480 g/mol. The summed E-state index contributed by atoms with van der Waals surface area (Å²) in [5, 5.41) is 1.45. The normalized spacial score (nSPS) is 15.0. The van der Waals surface area contributed by atoms with E-state index in [9.17, 15) is 4.79 Å². The number of fused-ring (bicyclic) bond motifs is 2. The molecular weight excluding hydrogens is 450 g/mol. The van der Waals surface area contributed by atoms with Crippen molar-refractivity contribution in [1.82, 2.24) is 24.0 Å². The highest BCUT2D eigenvalue weighted by atomic mass is 35.5. The summed E-state index contributed by atoms with van der Waals surface area (Å²) in [4.78, 5) is 24.4. The molecule has 1 saturated heterocycles. The number of imidazole rings is 1. The van der Waals surface area contributed by atoms with Crippen molar-refractivity contribution in [3.05, 3.63) is 59.3 Å². The second-order valence-electron chi connectivity index (χ2n) is 8.94. The van der Waals surface area contributed by atoms with Gasteiger partial charge in [-0.1, -0.05) is 17.7 Å². The first-order valence-electron chi connectivity index (χ1n) is 12.0. The van der Waals surface area contributed by atoms with Crippen LogP contribution in [0.5, 0.6) is 0 Å². The number of halogens is 1. The maximum Gasteiger partial charge on any atom is 0.256 e. The summed E-state index contributed by atoms with van der Waals surface area (Å²) in [5.74, 6) is 1.57. The van der Waals surface area contributed by atoms with E-state index >= 15 is 0 Å². The van der Waals surface area contributed by atoms with Crippen molar-refractivity contribution in [3.63, 3.8) is 0 Å². The van der Waals surface area contributed by atoms with Gasteiger partial charge in [-0.2, -0.15) is 0 Å². The minimum absolute atomic E-state index is 0.0574. The van der Waals surface area contributed by atoms with E-state index in [2.05, 4.69) is 19.1 Å². The highest BCUT2D eigenvalue weighted by Crippen LogP contribution is 2.31.